The third-order valence-electron chi connectivity index (χ3n) is 4.33. The van der Waals surface area contributed by atoms with Crippen molar-refractivity contribution < 1.29 is 4.79 Å². The van der Waals surface area contributed by atoms with Crippen molar-refractivity contribution in [3.63, 3.8) is 0 Å². The molecule has 23 heavy (non-hydrogen) atoms. The van der Waals surface area contributed by atoms with Crippen LogP contribution in [0.5, 0.6) is 0 Å². The molecule has 0 radical (unpaired) electrons. The van der Waals surface area contributed by atoms with Gasteiger partial charge in [-0.05, 0) is 43.5 Å². The number of aromatic nitrogens is 1. The third-order valence-corrected chi connectivity index (χ3v) is 4.33. The van der Waals surface area contributed by atoms with E-state index in [4.69, 9.17) is 0 Å². The molecule has 0 aliphatic carbocycles. The molecule has 0 spiro atoms. The standard InChI is InChI=1S/C19H23N3O/c1-15-9-10-17(12-20-15)13-21-19(23)18-8-5-11-22(18)14-16-6-3-2-4-7-16/h2-4,6-7,9-10,12,18H,5,8,11,13-14H2,1H3,(H,21,23)/t18-/m1/s1. The predicted molar refractivity (Wildman–Crippen MR) is 90.7 cm³/mol. The van der Waals surface area contributed by atoms with Crippen LogP contribution in [0.3, 0.4) is 0 Å². The molecule has 1 aliphatic heterocycles. The molecule has 0 unspecified atom stereocenters. The second kappa shape index (κ2) is 7.38. The van der Waals surface area contributed by atoms with Gasteiger partial charge in [0.2, 0.25) is 5.91 Å². The zero-order valence-electron chi connectivity index (χ0n) is 13.5. The number of hydrogen-bond acceptors (Lipinski definition) is 3. The zero-order chi connectivity index (χ0) is 16.1. The van der Waals surface area contributed by atoms with E-state index in [9.17, 15) is 4.79 Å². The number of rotatable bonds is 5. The number of likely N-dealkylation sites (tertiary alicyclic amines) is 1. The van der Waals surface area contributed by atoms with Crippen LogP contribution in [-0.2, 0) is 17.9 Å². The van der Waals surface area contributed by atoms with E-state index in [2.05, 4.69) is 27.3 Å². The van der Waals surface area contributed by atoms with E-state index in [0.717, 1.165) is 37.2 Å². The summed E-state index contributed by atoms with van der Waals surface area (Å²) in [5.74, 6) is 0.124. The molecule has 0 saturated carbocycles. The summed E-state index contributed by atoms with van der Waals surface area (Å²) < 4.78 is 0. The van der Waals surface area contributed by atoms with Crippen molar-refractivity contribution >= 4 is 5.91 Å². The number of nitrogens with zero attached hydrogens (tertiary/aromatic N) is 2. The molecule has 1 fully saturated rings. The Balaban J connectivity index is 1.56. The monoisotopic (exact) mass is 309 g/mol. The number of hydrogen-bond donors (Lipinski definition) is 1. The average molecular weight is 309 g/mol. The summed E-state index contributed by atoms with van der Waals surface area (Å²) >= 11 is 0. The molecule has 1 aromatic carbocycles. The molecule has 4 heteroatoms. The van der Waals surface area contributed by atoms with Crippen LogP contribution in [0, 0.1) is 6.92 Å². The summed E-state index contributed by atoms with van der Waals surface area (Å²) in [6.07, 6.45) is 3.84. The van der Waals surface area contributed by atoms with Gasteiger partial charge in [-0.1, -0.05) is 36.4 Å². The van der Waals surface area contributed by atoms with E-state index >= 15 is 0 Å². The van der Waals surface area contributed by atoms with Gasteiger partial charge in [0.05, 0.1) is 6.04 Å². The Bertz CT molecular complexity index is 639. The van der Waals surface area contributed by atoms with E-state index in [1.54, 1.807) is 0 Å². The molecule has 3 rings (SSSR count). The Kier molecular flexibility index (Phi) is 5.03. The number of benzene rings is 1. The minimum atomic E-state index is -0.0198. The number of carbonyl (C=O) groups excluding carboxylic acids is 1. The van der Waals surface area contributed by atoms with Crippen molar-refractivity contribution in [3.05, 3.63) is 65.5 Å². The quantitative estimate of drug-likeness (QED) is 0.923. The van der Waals surface area contributed by atoms with E-state index in [-0.39, 0.29) is 11.9 Å². The van der Waals surface area contributed by atoms with Gasteiger partial charge < -0.3 is 5.32 Å². The molecule has 1 saturated heterocycles. The first-order valence-electron chi connectivity index (χ1n) is 8.19. The predicted octanol–water partition coefficient (Wildman–Crippen LogP) is 2.67. The van der Waals surface area contributed by atoms with Gasteiger partial charge in [0, 0.05) is 25.0 Å². The third kappa shape index (κ3) is 4.17. The summed E-state index contributed by atoms with van der Waals surface area (Å²) in [7, 11) is 0. The van der Waals surface area contributed by atoms with E-state index in [1.165, 1.54) is 5.56 Å². The maximum atomic E-state index is 12.5. The number of amides is 1. The molecule has 120 valence electrons. The molecule has 0 bridgehead atoms. The molecular weight excluding hydrogens is 286 g/mol. The SMILES string of the molecule is Cc1ccc(CNC(=O)[C@H]2CCCN2Cc2ccccc2)cn1. The lowest BCUT2D eigenvalue weighted by molar-refractivity contribution is -0.125. The van der Waals surface area contributed by atoms with Crippen molar-refractivity contribution in [1.82, 2.24) is 15.2 Å². The summed E-state index contributed by atoms with van der Waals surface area (Å²) in [5.41, 5.74) is 3.29. The second-order valence-electron chi connectivity index (χ2n) is 6.14. The molecule has 4 nitrogen and oxygen atoms in total. The number of nitrogens with one attached hydrogen (secondary N) is 1. The van der Waals surface area contributed by atoms with Crippen molar-refractivity contribution in [2.24, 2.45) is 0 Å². The summed E-state index contributed by atoms with van der Waals surface area (Å²) in [6, 6.07) is 14.3. The lowest BCUT2D eigenvalue weighted by Gasteiger charge is -2.23. The maximum absolute atomic E-state index is 12.5. The second-order valence-corrected chi connectivity index (χ2v) is 6.14. The molecule has 2 heterocycles. The van der Waals surface area contributed by atoms with Crippen LogP contribution in [0.2, 0.25) is 0 Å². The zero-order valence-corrected chi connectivity index (χ0v) is 13.5. The first-order valence-corrected chi connectivity index (χ1v) is 8.19. The van der Waals surface area contributed by atoms with Crippen molar-refractivity contribution in [2.75, 3.05) is 6.54 Å². The van der Waals surface area contributed by atoms with Crippen LogP contribution in [0.15, 0.2) is 48.7 Å². The average Bonchev–Trinajstić information content (AvgIpc) is 3.03. The maximum Gasteiger partial charge on any atom is 0.237 e. The van der Waals surface area contributed by atoms with Crippen LogP contribution >= 0.6 is 0 Å². The topological polar surface area (TPSA) is 45.2 Å². The highest BCUT2D eigenvalue weighted by atomic mass is 16.2. The fourth-order valence-corrected chi connectivity index (χ4v) is 3.04. The number of carbonyl (C=O) groups is 1. The lowest BCUT2D eigenvalue weighted by atomic mass is 10.1. The van der Waals surface area contributed by atoms with Gasteiger partial charge in [-0.2, -0.15) is 0 Å². The molecule has 1 aromatic heterocycles. The lowest BCUT2D eigenvalue weighted by Crippen LogP contribution is -2.42. The summed E-state index contributed by atoms with van der Waals surface area (Å²) in [6.45, 7) is 4.33. The molecular formula is C19H23N3O. The van der Waals surface area contributed by atoms with Gasteiger partial charge in [-0.3, -0.25) is 14.7 Å². The van der Waals surface area contributed by atoms with Crippen LogP contribution in [0.4, 0.5) is 0 Å². The molecule has 1 N–H and O–H groups in total. The van der Waals surface area contributed by atoms with Crippen LogP contribution in [0.25, 0.3) is 0 Å². The summed E-state index contributed by atoms with van der Waals surface area (Å²) in [4.78, 5) is 19.1. The molecule has 1 atom stereocenters. The van der Waals surface area contributed by atoms with Gasteiger partial charge in [0.25, 0.3) is 0 Å². The van der Waals surface area contributed by atoms with Gasteiger partial charge in [-0.15, -0.1) is 0 Å². The van der Waals surface area contributed by atoms with Crippen molar-refractivity contribution in [2.45, 2.75) is 38.9 Å². The van der Waals surface area contributed by atoms with Gasteiger partial charge >= 0.3 is 0 Å². The van der Waals surface area contributed by atoms with Crippen LogP contribution in [0.1, 0.15) is 29.7 Å². The highest BCUT2D eigenvalue weighted by Crippen LogP contribution is 2.20. The van der Waals surface area contributed by atoms with Crippen LogP contribution in [-0.4, -0.2) is 28.4 Å². The highest BCUT2D eigenvalue weighted by Gasteiger charge is 2.30. The summed E-state index contributed by atoms with van der Waals surface area (Å²) in [5, 5.41) is 3.06. The fraction of sp³-hybridized carbons (Fsp3) is 0.368. The van der Waals surface area contributed by atoms with E-state index in [0.29, 0.717) is 6.54 Å². The smallest absolute Gasteiger partial charge is 0.237 e. The van der Waals surface area contributed by atoms with Gasteiger partial charge in [0.15, 0.2) is 0 Å². The number of pyridine rings is 1. The normalized spacial score (nSPS) is 18.0. The highest BCUT2D eigenvalue weighted by molar-refractivity contribution is 5.82. The van der Waals surface area contributed by atoms with E-state index in [1.807, 2.05) is 43.5 Å². The Morgan fingerprint density at radius 1 is 1.22 bits per heavy atom. The Hall–Kier alpha value is -2.20. The number of aryl methyl sites for hydroxylation is 1. The first kappa shape index (κ1) is 15.7. The Morgan fingerprint density at radius 2 is 2.04 bits per heavy atom. The Labute approximate surface area is 137 Å². The van der Waals surface area contributed by atoms with Gasteiger partial charge in [-0.25, -0.2) is 0 Å². The molecule has 2 aromatic rings. The van der Waals surface area contributed by atoms with Crippen molar-refractivity contribution in [3.8, 4) is 0 Å². The largest absolute Gasteiger partial charge is 0.351 e. The minimum Gasteiger partial charge on any atom is -0.351 e. The fourth-order valence-electron chi connectivity index (χ4n) is 3.04. The molecule has 1 amide bonds. The van der Waals surface area contributed by atoms with E-state index < -0.39 is 0 Å². The first-order chi connectivity index (χ1) is 11.2. The Morgan fingerprint density at radius 3 is 2.78 bits per heavy atom. The van der Waals surface area contributed by atoms with Crippen molar-refractivity contribution in [1.29, 1.82) is 0 Å². The van der Waals surface area contributed by atoms with Gasteiger partial charge in [0.1, 0.15) is 0 Å². The molecule has 1 aliphatic rings. The van der Waals surface area contributed by atoms with Crippen LogP contribution < -0.4 is 5.32 Å². The minimum absolute atomic E-state index is 0.0198.